The Labute approximate surface area is 361 Å². The summed E-state index contributed by atoms with van der Waals surface area (Å²) in [7, 11) is 0. The molecule has 0 saturated carbocycles. The van der Waals surface area contributed by atoms with Gasteiger partial charge in [0.1, 0.15) is 12.4 Å². The predicted octanol–water partition coefficient (Wildman–Crippen LogP) is 18.2. The van der Waals surface area contributed by atoms with E-state index in [0.717, 1.165) is 30.9 Å². The highest BCUT2D eigenvalue weighted by Gasteiger charge is 2.10. The first-order valence-corrected chi connectivity index (χ1v) is 25.9. The topological polar surface area (TPSA) is 7.12 Å². The molecule has 0 N–H and O–H groups in total. The molecule has 0 aliphatic rings. The number of nitrogens with zero attached hydrogens (tertiary/aromatic N) is 2. The molecule has 1 aromatic heterocycles. The van der Waals surface area contributed by atoms with Crippen LogP contribution in [0, 0.1) is 5.82 Å². The number of pyridine rings is 1. The summed E-state index contributed by atoms with van der Waals surface area (Å²) >= 11 is 0. The van der Waals surface area contributed by atoms with Crippen molar-refractivity contribution in [3.63, 3.8) is 0 Å². The highest BCUT2D eigenvalue weighted by atomic mass is 19.1. The molecule has 0 radical (unpaired) electrons. The first-order chi connectivity index (χ1) is 28.7. The van der Waals surface area contributed by atoms with Crippen LogP contribution >= 0.6 is 0 Å². The van der Waals surface area contributed by atoms with Gasteiger partial charge in [0.25, 0.3) is 0 Å². The number of hydrogen-bond acceptors (Lipinski definition) is 1. The van der Waals surface area contributed by atoms with Crippen LogP contribution in [0.15, 0.2) is 42.7 Å². The molecule has 0 saturated heterocycles. The largest absolute Gasteiger partial charge is 0.371 e. The molecule has 2 aromatic rings. The number of rotatable bonds is 42. The SMILES string of the molecule is CCCCCCCCCCCCCCCCCCCCN(CCCCCCCCCCCCCCCCCCCC)c1ccc(C=Cc2cc[n+](CC)cc2)c(F)c1. The molecule has 2 nitrogen and oxygen atoms in total. The van der Waals surface area contributed by atoms with Crippen LogP contribution in [0.3, 0.4) is 0 Å². The maximum absolute atomic E-state index is 15.5. The Bertz CT molecular complexity index is 1150. The number of aryl methyl sites for hydroxylation is 1. The fourth-order valence-corrected chi connectivity index (χ4v) is 8.60. The number of aromatic nitrogens is 1. The van der Waals surface area contributed by atoms with E-state index in [1.807, 2.05) is 18.2 Å². The number of unbranched alkanes of at least 4 members (excludes halogenated alkanes) is 34. The third kappa shape index (κ3) is 29.1. The van der Waals surface area contributed by atoms with E-state index in [-0.39, 0.29) is 5.82 Å². The zero-order chi connectivity index (χ0) is 41.4. The summed E-state index contributed by atoms with van der Waals surface area (Å²) in [5, 5.41) is 0. The first kappa shape index (κ1) is 52.0. The van der Waals surface area contributed by atoms with Crippen LogP contribution in [-0.4, -0.2) is 13.1 Å². The molecule has 1 heterocycles. The van der Waals surface area contributed by atoms with Crippen molar-refractivity contribution >= 4 is 17.8 Å². The standard InChI is InChI=1S/C55H96FN2/c1-4-7-9-11-13-15-17-19-21-23-25-27-29-31-33-35-37-39-47-58(54-44-43-53(55(56)51-54)42-41-52-45-49-57(6-3)50-46-52)48-40-38-36-34-32-30-28-26-24-22-20-18-16-14-12-10-8-5-2/h41-46,49-51H,4-40,47-48H2,1-3H3/q+1. The van der Waals surface area contributed by atoms with E-state index in [4.69, 9.17) is 0 Å². The average molecular weight is 804 g/mol. The molecule has 0 spiro atoms. The zero-order valence-electron chi connectivity index (χ0n) is 39.0. The fourth-order valence-electron chi connectivity index (χ4n) is 8.60. The van der Waals surface area contributed by atoms with Crippen LogP contribution in [0.2, 0.25) is 0 Å². The number of benzene rings is 1. The molecule has 0 aliphatic carbocycles. The Hall–Kier alpha value is -2.16. The Morgan fingerprint density at radius 1 is 0.414 bits per heavy atom. The molecule has 3 heteroatoms. The van der Waals surface area contributed by atoms with Gasteiger partial charge in [-0.1, -0.05) is 244 Å². The second kappa shape index (κ2) is 39.0. The van der Waals surface area contributed by atoms with Crippen molar-refractivity contribution in [1.29, 1.82) is 0 Å². The predicted molar refractivity (Wildman–Crippen MR) is 257 cm³/mol. The van der Waals surface area contributed by atoms with Crippen LogP contribution < -0.4 is 9.47 Å². The van der Waals surface area contributed by atoms with Gasteiger partial charge in [0.15, 0.2) is 12.4 Å². The van der Waals surface area contributed by atoms with Gasteiger partial charge in [-0.25, -0.2) is 8.96 Å². The molecule has 2 rings (SSSR count). The lowest BCUT2D eigenvalue weighted by Crippen LogP contribution is -2.30. The van der Waals surface area contributed by atoms with Crippen LogP contribution in [-0.2, 0) is 6.54 Å². The van der Waals surface area contributed by atoms with Gasteiger partial charge < -0.3 is 4.90 Å². The van der Waals surface area contributed by atoms with E-state index in [1.165, 1.54) is 231 Å². The maximum atomic E-state index is 15.5. The molecule has 1 aromatic carbocycles. The quantitative estimate of drug-likeness (QED) is 0.0479. The lowest BCUT2D eigenvalue weighted by atomic mass is 10.0. The lowest BCUT2D eigenvalue weighted by Gasteiger charge is -2.25. The smallest absolute Gasteiger partial charge is 0.169 e. The summed E-state index contributed by atoms with van der Waals surface area (Å²) in [4.78, 5) is 2.48. The minimum atomic E-state index is -0.117. The third-order valence-corrected chi connectivity index (χ3v) is 12.6. The summed E-state index contributed by atoms with van der Waals surface area (Å²) < 4.78 is 17.6. The zero-order valence-corrected chi connectivity index (χ0v) is 39.0. The van der Waals surface area contributed by atoms with Gasteiger partial charge in [0.05, 0.1) is 0 Å². The minimum absolute atomic E-state index is 0.117. The normalized spacial score (nSPS) is 11.7. The molecule has 58 heavy (non-hydrogen) atoms. The monoisotopic (exact) mass is 804 g/mol. The summed E-state index contributed by atoms with van der Waals surface area (Å²) in [6, 6.07) is 10.1. The summed E-state index contributed by atoms with van der Waals surface area (Å²) in [5.41, 5.74) is 2.81. The van der Waals surface area contributed by atoms with E-state index < -0.39 is 0 Å². The highest BCUT2D eigenvalue weighted by Crippen LogP contribution is 2.23. The third-order valence-electron chi connectivity index (χ3n) is 12.6. The van der Waals surface area contributed by atoms with E-state index in [0.29, 0.717) is 5.56 Å². The van der Waals surface area contributed by atoms with Crippen molar-refractivity contribution in [2.45, 2.75) is 258 Å². The molecular weight excluding hydrogens is 708 g/mol. The van der Waals surface area contributed by atoms with E-state index in [2.05, 4.69) is 60.8 Å². The van der Waals surface area contributed by atoms with Gasteiger partial charge in [-0.2, -0.15) is 0 Å². The second-order valence-electron chi connectivity index (χ2n) is 18.0. The van der Waals surface area contributed by atoms with Crippen molar-refractivity contribution in [2.75, 3.05) is 18.0 Å². The Morgan fingerprint density at radius 2 is 0.741 bits per heavy atom. The van der Waals surface area contributed by atoms with Crippen LogP contribution in [0.5, 0.6) is 0 Å². The fraction of sp³-hybridized carbons (Fsp3) is 0.764. The van der Waals surface area contributed by atoms with Gasteiger partial charge in [-0.3, -0.25) is 0 Å². The Kier molecular flexibility index (Phi) is 35.0. The van der Waals surface area contributed by atoms with Crippen LogP contribution in [0.25, 0.3) is 12.2 Å². The van der Waals surface area contributed by atoms with Gasteiger partial charge in [0, 0.05) is 36.5 Å². The average Bonchev–Trinajstić information content (AvgIpc) is 3.24. The van der Waals surface area contributed by atoms with Crippen LogP contribution in [0.1, 0.15) is 263 Å². The molecule has 0 fully saturated rings. The number of hydrogen-bond donors (Lipinski definition) is 0. The van der Waals surface area contributed by atoms with Crippen molar-refractivity contribution in [3.05, 3.63) is 59.7 Å². The molecule has 332 valence electrons. The van der Waals surface area contributed by atoms with Gasteiger partial charge in [-0.05, 0) is 43.5 Å². The van der Waals surface area contributed by atoms with Gasteiger partial charge in [-0.15, -0.1) is 0 Å². The molecule has 0 amide bonds. The Morgan fingerprint density at radius 3 is 1.05 bits per heavy atom. The van der Waals surface area contributed by atoms with Gasteiger partial charge in [0.2, 0.25) is 0 Å². The molecule has 0 unspecified atom stereocenters. The first-order valence-electron chi connectivity index (χ1n) is 25.9. The highest BCUT2D eigenvalue weighted by molar-refractivity contribution is 5.70. The van der Waals surface area contributed by atoms with Crippen molar-refractivity contribution in [2.24, 2.45) is 0 Å². The Balaban J connectivity index is 1.64. The van der Waals surface area contributed by atoms with E-state index >= 15 is 4.39 Å². The number of anilines is 1. The summed E-state index contributed by atoms with van der Waals surface area (Å²) in [6.45, 7) is 9.77. The van der Waals surface area contributed by atoms with Crippen LogP contribution in [0.4, 0.5) is 10.1 Å². The molecule has 0 bridgehead atoms. The summed E-state index contributed by atoms with van der Waals surface area (Å²) in [6.07, 6.45) is 58.5. The molecule has 0 aliphatic heterocycles. The minimum Gasteiger partial charge on any atom is -0.371 e. The molecular formula is C55H96FN2+. The van der Waals surface area contributed by atoms with E-state index in [1.54, 1.807) is 6.07 Å². The van der Waals surface area contributed by atoms with Gasteiger partial charge >= 0.3 is 0 Å². The number of halogens is 1. The van der Waals surface area contributed by atoms with Crippen molar-refractivity contribution in [1.82, 2.24) is 0 Å². The maximum Gasteiger partial charge on any atom is 0.169 e. The van der Waals surface area contributed by atoms with Crippen molar-refractivity contribution < 1.29 is 8.96 Å². The summed E-state index contributed by atoms with van der Waals surface area (Å²) in [5.74, 6) is -0.117. The second-order valence-corrected chi connectivity index (χ2v) is 18.0. The lowest BCUT2D eigenvalue weighted by molar-refractivity contribution is -0.693. The van der Waals surface area contributed by atoms with Crippen molar-refractivity contribution in [3.8, 4) is 0 Å². The molecule has 0 atom stereocenters. The van der Waals surface area contributed by atoms with E-state index in [9.17, 15) is 0 Å².